The third-order valence-electron chi connectivity index (χ3n) is 5.01. The van der Waals surface area contributed by atoms with Gasteiger partial charge in [-0.3, -0.25) is 14.2 Å². The molecule has 1 aliphatic heterocycles. The van der Waals surface area contributed by atoms with Gasteiger partial charge in [0.15, 0.2) is 0 Å². The van der Waals surface area contributed by atoms with E-state index in [0.717, 1.165) is 19.4 Å². The fourth-order valence-electron chi connectivity index (χ4n) is 3.71. The molecule has 27 heavy (non-hydrogen) atoms. The predicted octanol–water partition coefficient (Wildman–Crippen LogP) is 0.824. The Bertz CT molecular complexity index is 1100. The van der Waals surface area contributed by atoms with Crippen LogP contribution in [0.3, 0.4) is 0 Å². The van der Waals surface area contributed by atoms with Gasteiger partial charge in [-0.05, 0) is 31.0 Å². The van der Waals surface area contributed by atoms with Gasteiger partial charge in [0.1, 0.15) is 11.6 Å². The smallest absolute Gasteiger partial charge is 0.266 e. The van der Waals surface area contributed by atoms with E-state index < -0.39 is 0 Å². The molecular formula is C19H21N5O3. The number of aliphatic hydroxyl groups excluding tert-OH is 1. The molecule has 0 aliphatic carbocycles. The summed E-state index contributed by atoms with van der Waals surface area (Å²) in [5.41, 5.74) is 0.326. The van der Waals surface area contributed by atoms with Gasteiger partial charge in [0.2, 0.25) is 0 Å². The van der Waals surface area contributed by atoms with Crippen molar-refractivity contribution < 1.29 is 5.11 Å². The molecule has 8 heteroatoms. The Morgan fingerprint density at radius 3 is 2.78 bits per heavy atom. The molecule has 0 radical (unpaired) electrons. The first-order valence-corrected chi connectivity index (χ1v) is 9.01. The molecule has 3 aromatic rings. The van der Waals surface area contributed by atoms with Gasteiger partial charge in [0.25, 0.3) is 11.1 Å². The molecule has 3 heterocycles. The van der Waals surface area contributed by atoms with E-state index in [1.165, 1.54) is 10.7 Å². The number of fused-ring (bicyclic) bond motifs is 1. The molecule has 1 aliphatic rings. The van der Waals surface area contributed by atoms with Gasteiger partial charge < -0.3 is 10.0 Å². The Labute approximate surface area is 155 Å². The molecule has 1 atom stereocenters. The van der Waals surface area contributed by atoms with E-state index in [-0.39, 0.29) is 30.3 Å². The predicted molar refractivity (Wildman–Crippen MR) is 102 cm³/mol. The molecular weight excluding hydrogens is 346 g/mol. The minimum absolute atomic E-state index is 0.140. The van der Waals surface area contributed by atoms with Crippen LogP contribution >= 0.6 is 0 Å². The van der Waals surface area contributed by atoms with Gasteiger partial charge >= 0.3 is 0 Å². The van der Waals surface area contributed by atoms with Crippen molar-refractivity contribution in [3.05, 3.63) is 62.9 Å². The highest BCUT2D eigenvalue weighted by atomic mass is 16.3. The number of para-hydroxylation sites is 1. The zero-order valence-electron chi connectivity index (χ0n) is 15.1. The average molecular weight is 367 g/mol. The second-order valence-electron chi connectivity index (χ2n) is 6.67. The molecule has 1 N–H and O–H groups in total. The van der Waals surface area contributed by atoms with Gasteiger partial charge in [0.05, 0.1) is 30.1 Å². The number of aryl methyl sites for hydroxylation is 1. The summed E-state index contributed by atoms with van der Waals surface area (Å²) in [6.07, 6.45) is 1.75. The van der Waals surface area contributed by atoms with Gasteiger partial charge in [-0.1, -0.05) is 12.1 Å². The van der Waals surface area contributed by atoms with Crippen LogP contribution in [-0.4, -0.2) is 37.6 Å². The maximum Gasteiger partial charge on any atom is 0.266 e. The lowest BCUT2D eigenvalue weighted by atomic mass is 10.1. The molecule has 0 spiro atoms. The van der Waals surface area contributed by atoms with Gasteiger partial charge in [-0.25, -0.2) is 9.67 Å². The Balaban J connectivity index is 1.86. The first-order valence-electron chi connectivity index (χ1n) is 9.01. The lowest BCUT2D eigenvalue weighted by molar-refractivity contribution is 0.270. The van der Waals surface area contributed by atoms with Crippen molar-refractivity contribution in [1.82, 2.24) is 19.3 Å². The number of benzene rings is 1. The topological polar surface area (TPSA) is 93.2 Å². The van der Waals surface area contributed by atoms with Crippen LogP contribution < -0.4 is 16.0 Å². The average Bonchev–Trinajstić information content (AvgIpc) is 3.16. The first-order chi connectivity index (χ1) is 13.1. The van der Waals surface area contributed by atoms with Crippen molar-refractivity contribution in [2.45, 2.75) is 25.4 Å². The van der Waals surface area contributed by atoms with Gasteiger partial charge in [0, 0.05) is 19.7 Å². The third-order valence-corrected chi connectivity index (χ3v) is 5.01. The summed E-state index contributed by atoms with van der Waals surface area (Å²) >= 11 is 0. The largest absolute Gasteiger partial charge is 0.395 e. The lowest BCUT2D eigenvalue weighted by Crippen LogP contribution is -2.34. The molecule has 0 saturated carbocycles. The number of aromatic nitrogens is 4. The highest BCUT2D eigenvalue weighted by Gasteiger charge is 2.31. The van der Waals surface area contributed by atoms with E-state index in [2.05, 4.69) is 10.00 Å². The van der Waals surface area contributed by atoms with E-state index in [1.807, 2.05) is 18.2 Å². The monoisotopic (exact) mass is 367 g/mol. The molecule has 0 bridgehead atoms. The molecule has 1 fully saturated rings. The van der Waals surface area contributed by atoms with E-state index >= 15 is 0 Å². The molecule has 0 amide bonds. The molecule has 140 valence electrons. The van der Waals surface area contributed by atoms with Crippen molar-refractivity contribution in [1.29, 1.82) is 0 Å². The van der Waals surface area contributed by atoms with Gasteiger partial charge in [-0.15, -0.1) is 0 Å². The lowest BCUT2D eigenvalue weighted by Gasteiger charge is -2.27. The summed E-state index contributed by atoms with van der Waals surface area (Å²) in [4.78, 5) is 31.5. The maximum atomic E-state index is 13.0. The molecule has 1 saturated heterocycles. The Kier molecular flexibility index (Phi) is 4.49. The SMILES string of the molecule is Cn1nc(N2CCCC2c2nc3ccccc3c(=O)n2CCO)ccc1=O. The van der Waals surface area contributed by atoms with Crippen LogP contribution in [0.15, 0.2) is 46.0 Å². The van der Waals surface area contributed by atoms with Crippen LogP contribution in [0.5, 0.6) is 0 Å². The minimum Gasteiger partial charge on any atom is -0.395 e. The zero-order chi connectivity index (χ0) is 19.0. The molecule has 1 unspecified atom stereocenters. The zero-order valence-corrected chi connectivity index (χ0v) is 15.1. The molecule has 2 aromatic heterocycles. The fraction of sp³-hybridized carbons (Fsp3) is 0.368. The summed E-state index contributed by atoms with van der Waals surface area (Å²) in [5, 5.41) is 14.4. The van der Waals surface area contributed by atoms with Crippen LogP contribution in [0.2, 0.25) is 0 Å². The van der Waals surface area contributed by atoms with E-state index in [4.69, 9.17) is 4.98 Å². The van der Waals surface area contributed by atoms with Crippen molar-refractivity contribution in [2.24, 2.45) is 7.05 Å². The van der Waals surface area contributed by atoms with Crippen LogP contribution in [0.4, 0.5) is 5.82 Å². The molecule has 8 nitrogen and oxygen atoms in total. The second-order valence-corrected chi connectivity index (χ2v) is 6.67. The standard InChI is InChI=1S/C19H21N5O3/c1-22-17(26)9-8-16(21-22)23-10-4-7-15(23)18-20-14-6-3-2-5-13(14)19(27)24(18)11-12-25/h2-3,5-6,8-9,15,25H,4,7,10-12H2,1H3. The van der Waals surface area contributed by atoms with Crippen LogP contribution in [0.1, 0.15) is 24.7 Å². The van der Waals surface area contributed by atoms with Crippen molar-refractivity contribution >= 4 is 16.7 Å². The Morgan fingerprint density at radius 2 is 2.00 bits per heavy atom. The number of aliphatic hydroxyl groups is 1. The number of hydrogen-bond acceptors (Lipinski definition) is 6. The van der Waals surface area contributed by atoms with Gasteiger partial charge in [-0.2, -0.15) is 5.10 Å². The summed E-state index contributed by atoms with van der Waals surface area (Å²) in [7, 11) is 1.62. The fourth-order valence-corrected chi connectivity index (χ4v) is 3.71. The Hall–Kier alpha value is -3.00. The molecule has 1 aromatic carbocycles. The van der Waals surface area contributed by atoms with E-state index in [0.29, 0.717) is 22.5 Å². The number of hydrogen-bond donors (Lipinski definition) is 1. The Morgan fingerprint density at radius 1 is 1.19 bits per heavy atom. The van der Waals surface area contributed by atoms with Crippen molar-refractivity contribution in [3.8, 4) is 0 Å². The van der Waals surface area contributed by atoms with Crippen LogP contribution in [0, 0.1) is 0 Å². The highest BCUT2D eigenvalue weighted by Crippen LogP contribution is 2.34. The molecule has 4 rings (SSSR count). The van der Waals surface area contributed by atoms with Crippen LogP contribution in [-0.2, 0) is 13.6 Å². The second kappa shape index (κ2) is 6.96. The first kappa shape index (κ1) is 17.4. The summed E-state index contributed by atoms with van der Waals surface area (Å²) in [6, 6.07) is 10.3. The number of nitrogens with zero attached hydrogens (tertiary/aromatic N) is 5. The third kappa shape index (κ3) is 3.02. The summed E-state index contributed by atoms with van der Waals surface area (Å²) in [5.74, 6) is 1.30. The normalized spacial score (nSPS) is 17.0. The summed E-state index contributed by atoms with van der Waals surface area (Å²) in [6.45, 7) is 0.812. The van der Waals surface area contributed by atoms with E-state index in [9.17, 15) is 14.7 Å². The van der Waals surface area contributed by atoms with Crippen molar-refractivity contribution in [3.63, 3.8) is 0 Å². The summed E-state index contributed by atoms with van der Waals surface area (Å²) < 4.78 is 2.87. The van der Waals surface area contributed by atoms with Crippen molar-refractivity contribution in [2.75, 3.05) is 18.1 Å². The highest BCUT2D eigenvalue weighted by molar-refractivity contribution is 5.77. The number of rotatable bonds is 4. The minimum atomic E-state index is -0.171. The van der Waals surface area contributed by atoms with Crippen LogP contribution in [0.25, 0.3) is 10.9 Å². The number of anilines is 1. The quantitative estimate of drug-likeness (QED) is 0.734. The maximum absolute atomic E-state index is 13.0. The van der Waals surface area contributed by atoms with E-state index in [1.54, 1.807) is 23.7 Å².